The number of rotatable bonds is 5. The number of nitrogens with one attached hydrogen (secondary N) is 1. The second-order valence-corrected chi connectivity index (χ2v) is 10.2. The summed E-state index contributed by atoms with van der Waals surface area (Å²) in [7, 11) is -3.82. The summed E-state index contributed by atoms with van der Waals surface area (Å²) in [6, 6.07) is 13.2. The van der Waals surface area contributed by atoms with Crippen molar-refractivity contribution in [1.29, 1.82) is 0 Å². The van der Waals surface area contributed by atoms with Crippen LogP contribution in [0.5, 0.6) is 0 Å². The van der Waals surface area contributed by atoms with Gasteiger partial charge in [-0.3, -0.25) is 10.1 Å². The third-order valence-electron chi connectivity index (χ3n) is 4.90. The minimum absolute atomic E-state index is 0.120. The Balaban J connectivity index is 1.41. The van der Waals surface area contributed by atoms with E-state index >= 15 is 0 Å². The zero-order valence-electron chi connectivity index (χ0n) is 16.7. The topological polar surface area (TPSA) is 95.5 Å². The first-order valence-corrected chi connectivity index (χ1v) is 11.8. The van der Waals surface area contributed by atoms with Gasteiger partial charge in [0.2, 0.25) is 9.47 Å². The number of piperazine rings is 1. The Hall–Kier alpha value is -2.89. The highest BCUT2D eigenvalue weighted by Crippen LogP contribution is 2.26. The lowest BCUT2D eigenvalue weighted by Crippen LogP contribution is -2.48. The maximum Gasteiger partial charge on any atom is 0.272 e. The molecule has 0 bridgehead atoms. The molecule has 1 fully saturated rings. The summed E-state index contributed by atoms with van der Waals surface area (Å²) in [6.07, 6.45) is 0. The number of benzene rings is 2. The van der Waals surface area contributed by atoms with E-state index in [0.717, 1.165) is 22.6 Å². The summed E-state index contributed by atoms with van der Waals surface area (Å²) in [6.45, 7) is 3.36. The Labute approximate surface area is 183 Å². The van der Waals surface area contributed by atoms with E-state index in [1.165, 1.54) is 16.4 Å². The largest absolute Gasteiger partial charge is 0.369 e. The van der Waals surface area contributed by atoms with Gasteiger partial charge in [0.05, 0.1) is 0 Å². The van der Waals surface area contributed by atoms with Crippen LogP contribution in [0, 0.1) is 12.7 Å². The van der Waals surface area contributed by atoms with Crippen molar-refractivity contribution in [2.75, 3.05) is 36.4 Å². The number of hydrogen-bond donors (Lipinski definition) is 1. The van der Waals surface area contributed by atoms with Crippen molar-refractivity contribution in [3.63, 3.8) is 0 Å². The number of nitrogens with zero attached hydrogens (tertiary/aromatic N) is 4. The molecule has 4 rings (SSSR count). The number of aromatic nitrogens is 2. The van der Waals surface area contributed by atoms with Crippen molar-refractivity contribution < 1.29 is 17.6 Å². The Kier molecular flexibility index (Phi) is 5.99. The SMILES string of the molecule is Cc1cccc(C(=O)Nc2nnc(S(=O)(=O)N3CCN(c4ccc(F)cc4)CC3)s2)c1. The van der Waals surface area contributed by atoms with E-state index in [0.29, 0.717) is 18.7 Å². The van der Waals surface area contributed by atoms with Gasteiger partial charge in [-0.25, -0.2) is 12.8 Å². The molecular weight excluding hydrogens is 441 g/mol. The Morgan fingerprint density at radius 1 is 1.06 bits per heavy atom. The maximum atomic E-state index is 13.1. The van der Waals surface area contributed by atoms with Gasteiger partial charge >= 0.3 is 0 Å². The lowest BCUT2D eigenvalue weighted by molar-refractivity contribution is 0.102. The standard InChI is InChI=1S/C20H20FN5O3S2/c1-14-3-2-4-15(13-14)18(27)22-19-23-24-20(30-19)31(28,29)26-11-9-25(10-12-26)17-7-5-16(21)6-8-17/h2-8,13H,9-12H2,1H3,(H,22,23,27). The summed E-state index contributed by atoms with van der Waals surface area (Å²) >= 11 is 0.820. The van der Waals surface area contributed by atoms with Crippen molar-refractivity contribution in [2.24, 2.45) is 0 Å². The fourth-order valence-corrected chi connectivity index (χ4v) is 5.72. The van der Waals surface area contributed by atoms with Crippen LogP contribution in [0.25, 0.3) is 0 Å². The number of anilines is 2. The van der Waals surface area contributed by atoms with Crippen molar-refractivity contribution in [3.05, 3.63) is 65.5 Å². The summed E-state index contributed by atoms with van der Waals surface area (Å²) < 4.78 is 40.2. The molecule has 1 amide bonds. The van der Waals surface area contributed by atoms with Gasteiger partial charge in [-0.1, -0.05) is 29.0 Å². The molecule has 8 nitrogen and oxygen atoms in total. The molecule has 1 aromatic heterocycles. The van der Waals surface area contributed by atoms with Crippen LogP contribution < -0.4 is 10.2 Å². The van der Waals surface area contributed by atoms with Crippen LogP contribution in [0.2, 0.25) is 0 Å². The smallest absolute Gasteiger partial charge is 0.272 e. The maximum absolute atomic E-state index is 13.1. The Bertz CT molecular complexity index is 1190. The van der Waals surface area contributed by atoms with Crippen molar-refractivity contribution in [1.82, 2.24) is 14.5 Å². The first-order valence-electron chi connectivity index (χ1n) is 9.55. The quantitative estimate of drug-likeness (QED) is 0.587. The third kappa shape index (κ3) is 4.73. The number of halogens is 1. The lowest BCUT2D eigenvalue weighted by Gasteiger charge is -2.34. The van der Waals surface area contributed by atoms with Gasteiger partial charge in [0, 0.05) is 37.4 Å². The summed E-state index contributed by atoms with van der Waals surface area (Å²) in [5.41, 5.74) is 2.24. The molecule has 162 valence electrons. The second-order valence-electron chi connectivity index (χ2n) is 7.06. The third-order valence-corrected chi connectivity index (χ3v) is 7.98. The fraction of sp³-hybridized carbons (Fsp3) is 0.250. The van der Waals surface area contributed by atoms with Gasteiger partial charge in [-0.05, 0) is 43.3 Å². The van der Waals surface area contributed by atoms with E-state index in [1.54, 1.807) is 30.3 Å². The van der Waals surface area contributed by atoms with Crippen LogP contribution in [0.4, 0.5) is 15.2 Å². The summed E-state index contributed by atoms with van der Waals surface area (Å²) in [5.74, 6) is -0.691. The Morgan fingerprint density at radius 2 is 1.77 bits per heavy atom. The molecular formula is C20H20FN5O3S2. The number of carbonyl (C=O) groups excluding carboxylic acids is 1. The molecule has 0 radical (unpaired) electrons. The predicted molar refractivity (Wildman–Crippen MR) is 116 cm³/mol. The number of carbonyl (C=O) groups is 1. The number of hydrogen-bond acceptors (Lipinski definition) is 7. The highest BCUT2D eigenvalue weighted by atomic mass is 32.2. The van der Waals surface area contributed by atoms with Gasteiger partial charge in [-0.15, -0.1) is 10.2 Å². The van der Waals surface area contributed by atoms with Crippen molar-refractivity contribution >= 4 is 38.1 Å². The van der Waals surface area contributed by atoms with Gasteiger partial charge in [-0.2, -0.15) is 4.31 Å². The molecule has 3 aromatic rings. The molecule has 1 N–H and O–H groups in total. The van der Waals surface area contributed by atoms with Gasteiger partial charge in [0.25, 0.3) is 15.9 Å². The normalized spacial score (nSPS) is 15.1. The first-order chi connectivity index (χ1) is 14.8. The molecule has 0 spiro atoms. The van der Waals surface area contributed by atoms with Crippen molar-refractivity contribution in [3.8, 4) is 0 Å². The molecule has 0 aliphatic carbocycles. The number of amides is 1. The number of aryl methyl sites for hydroxylation is 1. The number of sulfonamides is 1. The van der Waals surface area contributed by atoms with Gasteiger partial charge in [0.15, 0.2) is 0 Å². The van der Waals surface area contributed by atoms with E-state index in [9.17, 15) is 17.6 Å². The van der Waals surface area contributed by atoms with Crippen LogP contribution >= 0.6 is 11.3 Å². The highest BCUT2D eigenvalue weighted by Gasteiger charge is 2.32. The monoisotopic (exact) mass is 461 g/mol. The first kappa shape index (κ1) is 21.3. The van der Waals surface area contributed by atoms with Crippen molar-refractivity contribution in [2.45, 2.75) is 11.3 Å². The van der Waals surface area contributed by atoms with E-state index < -0.39 is 10.0 Å². The molecule has 11 heteroatoms. The molecule has 0 saturated carbocycles. The fourth-order valence-electron chi connectivity index (χ4n) is 3.27. The summed E-state index contributed by atoms with van der Waals surface area (Å²) in [4.78, 5) is 14.4. The van der Waals surface area contributed by atoms with Crippen LogP contribution in [-0.2, 0) is 10.0 Å². The Morgan fingerprint density at radius 3 is 2.45 bits per heavy atom. The van der Waals surface area contributed by atoms with Crippen LogP contribution in [0.15, 0.2) is 52.9 Å². The molecule has 1 saturated heterocycles. The van der Waals surface area contributed by atoms with Crippen LogP contribution in [0.3, 0.4) is 0 Å². The zero-order valence-corrected chi connectivity index (χ0v) is 18.3. The zero-order chi connectivity index (χ0) is 22.0. The highest BCUT2D eigenvalue weighted by molar-refractivity contribution is 7.91. The minimum atomic E-state index is -3.82. The average molecular weight is 462 g/mol. The molecule has 0 atom stereocenters. The van der Waals surface area contributed by atoms with Crippen LogP contribution in [-0.4, -0.2) is 55.0 Å². The predicted octanol–water partition coefficient (Wildman–Crippen LogP) is 2.75. The molecule has 2 aromatic carbocycles. The molecule has 1 aliphatic heterocycles. The van der Waals surface area contributed by atoms with E-state index in [1.807, 2.05) is 17.9 Å². The lowest BCUT2D eigenvalue weighted by atomic mass is 10.1. The van der Waals surface area contributed by atoms with Gasteiger partial charge in [0.1, 0.15) is 5.82 Å². The van der Waals surface area contributed by atoms with E-state index in [-0.39, 0.29) is 34.3 Å². The second kappa shape index (κ2) is 8.69. The van der Waals surface area contributed by atoms with E-state index in [2.05, 4.69) is 15.5 Å². The molecule has 31 heavy (non-hydrogen) atoms. The average Bonchev–Trinajstić information content (AvgIpc) is 3.24. The van der Waals surface area contributed by atoms with Gasteiger partial charge < -0.3 is 4.90 Å². The van der Waals surface area contributed by atoms with Crippen LogP contribution in [0.1, 0.15) is 15.9 Å². The minimum Gasteiger partial charge on any atom is -0.369 e. The summed E-state index contributed by atoms with van der Waals surface area (Å²) in [5, 5.41) is 10.3. The molecule has 1 aliphatic rings. The molecule has 2 heterocycles. The molecule has 0 unspecified atom stereocenters. The van der Waals surface area contributed by atoms with E-state index in [4.69, 9.17) is 0 Å².